The van der Waals surface area contributed by atoms with E-state index < -0.39 is 11.7 Å². The summed E-state index contributed by atoms with van der Waals surface area (Å²) in [5.74, 6) is 4.79. The van der Waals surface area contributed by atoms with Gasteiger partial charge in [0.1, 0.15) is 0 Å². The van der Waals surface area contributed by atoms with Crippen molar-refractivity contribution >= 4 is 17.4 Å². The molecule has 1 aliphatic rings. The maximum atomic E-state index is 11.7. The normalized spacial score (nSPS) is 13.4. The lowest BCUT2D eigenvalue weighted by molar-refractivity contribution is -0.114. The van der Waals surface area contributed by atoms with E-state index in [1.165, 1.54) is 4.90 Å². The molecular formula is C13H11NO2. The molecule has 3 heteroatoms. The van der Waals surface area contributed by atoms with Crippen LogP contribution in [0, 0.1) is 11.8 Å². The SMILES string of the molecule is CC#CCCN1C(=O)C(=O)c2ccccc21. The summed E-state index contributed by atoms with van der Waals surface area (Å²) in [7, 11) is 0. The van der Waals surface area contributed by atoms with Gasteiger partial charge in [-0.15, -0.1) is 11.8 Å². The number of hydrogen-bond donors (Lipinski definition) is 0. The molecule has 1 amide bonds. The average Bonchev–Trinajstić information content (AvgIpc) is 2.55. The largest absolute Gasteiger partial charge is 0.304 e. The topological polar surface area (TPSA) is 37.4 Å². The monoisotopic (exact) mass is 213 g/mol. The lowest BCUT2D eigenvalue weighted by Crippen LogP contribution is -2.30. The molecule has 16 heavy (non-hydrogen) atoms. The van der Waals surface area contributed by atoms with E-state index in [2.05, 4.69) is 11.8 Å². The Hall–Kier alpha value is -2.08. The minimum atomic E-state index is -0.445. The molecule has 0 N–H and O–H groups in total. The quantitative estimate of drug-likeness (QED) is 0.553. The van der Waals surface area contributed by atoms with Crippen molar-refractivity contribution in [1.29, 1.82) is 0 Å². The summed E-state index contributed by atoms with van der Waals surface area (Å²) in [4.78, 5) is 24.8. The number of carbonyl (C=O) groups excluding carboxylic acids is 2. The van der Waals surface area contributed by atoms with Crippen molar-refractivity contribution in [2.75, 3.05) is 11.4 Å². The van der Waals surface area contributed by atoms with Crippen LogP contribution >= 0.6 is 0 Å². The van der Waals surface area contributed by atoms with E-state index in [0.29, 0.717) is 24.2 Å². The average molecular weight is 213 g/mol. The van der Waals surface area contributed by atoms with Gasteiger partial charge in [-0.3, -0.25) is 9.59 Å². The van der Waals surface area contributed by atoms with Crippen LogP contribution in [0.4, 0.5) is 5.69 Å². The van der Waals surface area contributed by atoms with Gasteiger partial charge in [0.2, 0.25) is 0 Å². The minimum Gasteiger partial charge on any atom is -0.304 e. The molecule has 0 saturated carbocycles. The van der Waals surface area contributed by atoms with Gasteiger partial charge in [0.25, 0.3) is 11.7 Å². The van der Waals surface area contributed by atoms with Crippen LogP contribution in [0.15, 0.2) is 24.3 Å². The molecule has 1 aromatic carbocycles. The molecule has 1 aromatic rings. The zero-order valence-electron chi connectivity index (χ0n) is 8.99. The lowest BCUT2D eigenvalue weighted by atomic mass is 10.1. The van der Waals surface area contributed by atoms with Crippen LogP contribution < -0.4 is 4.90 Å². The smallest absolute Gasteiger partial charge is 0.299 e. The van der Waals surface area contributed by atoms with Gasteiger partial charge in [-0.05, 0) is 19.1 Å². The van der Waals surface area contributed by atoms with E-state index in [-0.39, 0.29) is 0 Å². The molecule has 3 nitrogen and oxygen atoms in total. The van der Waals surface area contributed by atoms with E-state index in [4.69, 9.17) is 0 Å². The molecule has 0 unspecified atom stereocenters. The number of nitrogens with zero attached hydrogens (tertiary/aromatic N) is 1. The second-order valence-corrected chi connectivity index (χ2v) is 3.48. The second-order valence-electron chi connectivity index (χ2n) is 3.48. The Morgan fingerprint density at radius 2 is 2.00 bits per heavy atom. The van der Waals surface area contributed by atoms with Gasteiger partial charge in [-0.2, -0.15) is 0 Å². The maximum Gasteiger partial charge on any atom is 0.299 e. The van der Waals surface area contributed by atoms with E-state index in [0.717, 1.165) is 0 Å². The summed E-state index contributed by atoms with van der Waals surface area (Å²) in [5, 5.41) is 0. The predicted octanol–water partition coefficient (Wildman–Crippen LogP) is 1.63. The number of carbonyl (C=O) groups is 2. The Morgan fingerprint density at radius 1 is 1.25 bits per heavy atom. The van der Waals surface area contributed by atoms with Crippen molar-refractivity contribution in [2.24, 2.45) is 0 Å². The summed E-state index contributed by atoms with van der Waals surface area (Å²) in [6, 6.07) is 7.06. The molecule has 2 rings (SSSR count). The molecule has 1 heterocycles. The minimum absolute atomic E-state index is 0.417. The van der Waals surface area contributed by atoms with Gasteiger partial charge < -0.3 is 4.90 Å². The standard InChI is InChI=1S/C13H11NO2/c1-2-3-6-9-14-11-8-5-4-7-10(11)12(15)13(14)16/h4-5,7-8H,6,9H2,1H3. The van der Waals surface area contributed by atoms with Gasteiger partial charge in [0.15, 0.2) is 0 Å². The van der Waals surface area contributed by atoms with Crippen molar-refractivity contribution in [3.05, 3.63) is 29.8 Å². The van der Waals surface area contributed by atoms with Crippen molar-refractivity contribution in [3.63, 3.8) is 0 Å². The van der Waals surface area contributed by atoms with Crippen molar-refractivity contribution in [2.45, 2.75) is 13.3 Å². The molecule has 0 fully saturated rings. The van der Waals surface area contributed by atoms with Gasteiger partial charge >= 0.3 is 0 Å². The second kappa shape index (κ2) is 4.19. The molecule has 1 aliphatic heterocycles. The van der Waals surface area contributed by atoms with Gasteiger partial charge in [-0.1, -0.05) is 12.1 Å². The zero-order chi connectivity index (χ0) is 11.5. The molecular weight excluding hydrogens is 202 g/mol. The van der Waals surface area contributed by atoms with Crippen LogP contribution in [0.1, 0.15) is 23.7 Å². The first kappa shape index (κ1) is 10.4. The number of fused-ring (bicyclic) bond motifs is 1. The highest BCUT2D eigenvalue weighted by molar-refractivity contribution is 6.52. The first-order chi connectivity index (χ1) is 7.75. The Labute approximate surface area is 94.1 Å². The fourth-order valence-corrected chi connectivity index (χ4v) is 1.76. The predicted molar refractivity (Wildman–Crippen MR) is 61.2 cm³/mol. The van der Waals surface area contributed by atoms with Gasteiger partial charge in [-0.25, -0.2) is 0 Å². The van der Waals surface area contributed by atoms with Gasteiger partial charge in [0.05, 0.1) is 11.3 Å². The molecule has 80 valence electrons. The third kappa shape index (κ3) is 1.59. The molecule has 0 atom stereocenters. The molecule has 0 spiro atoms. The van der Waals surface area contributed by atoms with E-state index in [1.54, 1.807) is 25.1 Å². The first-order valence-corrected chi connectivity index (χ1v) is 5.10. The third-order valence-corrected chi connectivity index (χ3v) is 2.52. The zero-order valence-corrected chi connectivity index (χ0v) is 8.99. The number of para-hydroxylation sites is 1. The van der Waals surface area contributed by atoms with Gasteiger partial charge in [0, 0.05) is 13.0 Å². The fraction of sp³-hybridized carbons (Fsp3) is 0.231. The Bertz CT molecular complexity index is 508. The summed E-state index contributed by atoms with van der Waals surface area (Å²) < 4.78 is 0. The molecule has 0 saturated heterocycles. The third-order valence-electron chi connectivity index (χ3n) is 2.52. The van der Waals surface area contributed by atoms with E-state index >= 15 is 0 Å². The Morgan fingerprint density at radius 3 is 2.75 bits per heavy atom. The molecule has 0 radical (unpaired) electrons. The number of Topliss-reactive ketones (excluding diaryl/α,β-unsaturated/α-hetero) is 1. The van der Waals surface area contributed by atoms with Crippen molar-refractivity contribution in [3.8, 4) is 11.8 Å². The number of anilines is 1. The summed E-state index contributed by atoms with van der Waals surface area (Å²) in [5.41, 5.74) is 1.20. The lowest BCUT2D eigenvalue weighted by Gasteiger charge is -2.14. The number of benzene rings is 1. The molecule has 0 aromatic heterocycles. The van der Waals surface area contributed by atoms with Crippen LogP contribution in [0.5, 0.6) is 0 Å². The highest BCUT2D eigenvalue weighted by atomic mass is 16.2. The molecule has 0 aliphatic carbocycles. The Balaban J connectivity index is 2.29. The van der Waals surface area contributed by atoms with E-state index in [9.17, 15) is 9.59 Å². The van der Waals surface area contributed by atoms with Crippen LogP contribution in [-0.4, -0.2) is 18.2 Å². The number of rotatable bonds is 2. The highest BCUT2D eigenvalue weighted by Crippen LogP contribution is 2.28. The highest BCUT2D eigenvalue weighted by Gasteiger charge is 2.34. The van der Waals surface area contributed by atoms with Crippen LogP contribution in [0.25, 0.3) is 0 Å². The first-order valence-electron chi connectivity index (χ1n) is 5.10. The van der Waals surface area contributed by atoms with E-state index in [1.807, 2.05) is 6.07 Å². The van der Waals surface area contributed by atoms with Crippen molar-refractivity contribution in [1.82, 2.24) is 0 Å². The van der Waals surface area contributed by atoms with Crippen LogP contribution in [-0.2, 0) is 4.79 Å². The maximum absolute atomic E-state index is 11.7. The number of hydrogen-bond acceptors (Lipinski definition) is 2. The van der Waals surface area contributed by atoms with Crippen molar-refractivity contribution < 1.29 is 9.59 Å². The fourth-order valence-electron chi connectivity index (χ4n) is 1.76. The summed E-state index contributed by atoms with van der Waals surface area (Å²) in [6.07, 6.45) is 0.587. The molecule has 0 bridgehead atoms. The summed E-state index contributed by atoms with van der Waals surface area (Å²) in [6.45, 7) is 2.23. The number of amides is 1. The summed E-state index contributed by atoms with van der Waals surface area (Å²) >= 11 is 0. The number of ketones is 1. The van der Waals surface area contributed by atoms with Crippen LogP contribution in [0.2, 0.25) is 0 Å². The van der Waals surface area contributed by atoms with Crippen LogP contribution in [0.3, 0.4) is 0 Å². The Kier molecular flexibility index (Phi) is 2.74.